The Morgan fingerprint density at radius 2 is 1.95 bits per heavy atom. The van der Waals surface area contributed by atoms with Crippen LogP contribution in [0.2, 0.25) is 5.02 Å². The molecule has 2 rings (SSSR count). The van der Waals surface area contributed by atoms with E-state index in [1.807, 2.05) is 6.92 Å². The van der Waals surface area contributed by atoms with Crippen molar-refractivity contribution < 1.29 is 9.18 Å². The first-order chi connectivity index (χ1) is 10.1. The van der Waals surface area contributed by atoms with Crippen molar-refractivity contribution in [3.63, 3.8) is 0 Å². The molecule has 0 atom stereocenters. The van der Waals surface area contributed by atoms with Gasteiger partial charge in [-0.25, -0.2) is 4.39 Å². The van der Waals surface area contributed by atoms with Crippen LogP contribution in [0, 0.1) is 5.82 Å². The van der Waals surface area contributed by atoms with Crippen molar-refractivity contribution in [1.82, 2.24) is 0 Å². The van der Waals surface area contributed by atoms with E-state index < -0.39 is 0 Å². The normalized spacial score (nSPS) is 10.3. The van der Waals surface area contributed by atoms with Crippen LogP contribution in [-0.4, -0.2) is 12.5 Å². The molecule has 1 amide bonds. The maximum atomic E-state index is 13.0. The number of nitrogens with two attached hydrogens (primary N) is 1. The average molecular weight is 308 g/mol. The second kappa shape index (κ2) is 6.56. The molecule has 0 saturated heterocycles. The number of hydrogen-bond acceptors (Lipinski definition) is 3. The van der Waals surface area contributed by atoms with E-state index in [1.54, 1.807) is 30.3 Å². The zero-order chi connectivity index (χ0) is 15.4. The van der Waals surface area contributed by atoms with Crippen LogP contribution in [0.15, 0.2) is 42.5 Å². The number of hydrazine groups is 1. The third-order valence-electron chi connectivity index (χ3n) is 3.07. The van der Waals surface area contributed by atoms with Crippen molar-refractivity contribution in [2.75, 3.05) is 16.9 Å². The van der Waals surface area contributed by atoms with E-state index in [0.29, 0.717) is 28.5 Å². The van der Waals surface area contributed by atoms with Crippen LogP contribution in [0.4, 0.5) is 15.8 Å². The zero-order valence-electron chi connectivity index (χ0n) is 11.4. The van der Waals surface area contributed by atoms with E-state index in [-0.39, 0.29) is 11.7 Å². The van der Waals surface area contributed by atoms with Crippen LogP contribution >= 0.6 is 11.6 Å². The minimum absolute atomic E-state index is 0.264. The predicted octanol–water partition coefficient (Wildman–Crippen LogP) is 3.43. The third-order valence-corrected chi connectivity index (χ3v) is 3.30. The number of hydrogen-bond donors (Lipinski definition) is 2. The Balaban J connectivity index is 2.41. The van der Waals surface area contributed by atoms with Crippen molar-refractivity contribution in [3.05, 3.63) is 58.9 Å². The lowest BCUT2D eigenvalue weighted by atomic mass is 10.1. The van der Waals surface area contributed by atoms with E-state index in [4.69, 9.17) is 17.4 Å². The van der Waals surface area contributed by atoms with E-state index in [2.05, 4.69) is 5.43 Å². The number of nitrogens with one attached hydrogen (secondary N) is 1. The first kappa shape index (κ1) is 15.3. The molecule has 110 valence electrons. The Morgan fingerprint density at radius 3 is 2.52 bits per heavy atom. The fourth-order valence-corrected chi connectivity index (χ4v) is 2.20. The van der Waals surface area contributed by atoms with Crippen molar-refractivity contribution in [3.8, 4) is 0 Å². The van der Waals surface area contributed by atoms with Gasteiger partial charge in [-0.3, -0.25) is 10.6 Å². The Kier molecular flexibility index (Phi) is 4.77. The van der Waals surface area contributed by atoms with E-state index in [0.717, 1.165) is 0 Å². The molecule has 0 bridgehead atoms. The number of nitrogen functional groups attached to an aromatic ring is 1. The smallest absolute Gasteiger partial charge is 0.260 e. The Hall–Kier alpha value is -2.11. The Morgan fingerprint density at radius 1 is 1.29 bits per heavy atom. The van der Waals surface area contributed by atoms with Gasteiger partial charge >= 0.3 is 0 Å². The number of rotatable bonds is 4. The Bertz CT molecular complexity index is 646. The first-order valence-electron chi connectivity index (χ1n) is 6.40. The number of carbonyl (C=O) groups excluding carboxylic acids is 1. The highest BCUT2D eigenvalue weighted by Crippen LogP contribution is 2.24. The van der Waals surface area contributed by atoms with Crippen molar-refractivity contribution in [1.29, 1.82) is 0 Å². The zero-order valence-corrected chi connectivity index (χ0v) is 12.2. The van der Waals surface area contributed by atoms with Gasteiger partial charge in [-0.1, -0.05) is 11.6 Å². The van der Waals surface area contributed by atoms with Gasteiger partial charge in [0.2, 0.25) is 0 Å². The summed E-state index contributed by atoms with van der Waals surface area (Å²) in [5, 5.41) is 0.438. The molecule has 0 aromatic heterocycles. The van der Waals surface area contributed by atoms with Crippen LogP contribution in [0.3, 0.4) is 0 Å². The van der Waals surface area contributed by atoms with Crippen molar-refractivity contribution >= 4 is 28.9 Å². The molecule has 21 heavy (non-hydrogen) atoms. The summed E-state index contributed by atoms with van der Waals surface area (Å²) in [6.07, 6.45) is 0. The summed E-state index contributed by atoms with van der Waals surface area (Å²) >= 11 is 5.94. The molecular formula is C15H15ClFN3O. The molecule has 0 radical (unpaired) electrons. The summed E-state index contributed by atoms with van der Waals surface area (Å²) < 4.78 is 13.0. The number of anilines is 2. The quantitative estimate of drug-likeness (QED) is 0.672. The lowest BCUT2D eigenvalue weighted by Gasteiger charge is -2.22. The molecule has 6 heteroatoms. The van der Waals surface area contributed by atoms with E-state index in [9.17, 15) is 9.18 Å². The van der Waals surface area contributed by atoms with Gasteiger partial charge in [0.1, 0.15) is 5.82 Å². The molecule has 0 aliphatic carbocycles. The van der Waals surface area contributed by atoms with Gasteiger partial charge in [-0.2, -0.15) is 0 Å². The maximum absolute atomic E-state index is 13.0. The molecule has 0 aliphatic rings. The van der Waals surface area contributed by atoms with Gasteiger partial charge in [-0.15, -0.1) is 0 Å². The molecular weight excluding hydrogens is 293 g/mol. The summed E-state index contributed by atoms with van der Waals surface area (Å²) in [6, 6.07) is 10.5. The largest absolute Gasteiger partial charge is 0.323 e. The van der Waals surface area contributed by atoms with Gasteiger partial charge in [0.05, 0.1) is 11.3 Å². The van der Waals surface area contributed by atoms with Gasteiger partial charge < -0.3 is 10.3 Å². The third kappa shape index (κ3) is 3.32. The molecule has 3 N–H and O–H groups in total. The minimum atomic E-state index is -0.352. The van der Waals surface area contributed by atoms with Gasteiger partial charge in [0, 0.05) is 17.3 Å². The van der Waals surface area contributed by atoms with E-state index in [1.165, 1.54) is 17.0 Å². The highest BCUT2D eigenvalue weighted by atomic mass is 35.5. The summed E-state index contributed by atoms with van der Waals surface area (Å²) in [4.78, 5) is 14.2. The monoisotopic (exact) mass is 307 g/mol. The summed E-state index contributed by atoms with van der Waals surface area (Å²) in [5.41, 5.74) is 3.92. The Labute approximate surface area is 127 Å². The van der Waals surface area contributed by atoms with Crippen LogP contribution in [-0.2, 0) is 0 Å². The molecule has 0 unspecified atom stereocenters. The molecule has 0 aliphatic heterocycles. The van der Waals surface area contributed by atoms with Gasteiger partial charge in [0.25, 0.3) is 5.91 Å². The SMILES string of the molecule is CCN(C(=O)c1cc(Cl)ccc1NN)c1ccc(F)cc1. The second-order valence-corrected chi connectivity index (χ2v) is 4.80. The van der Waals surface area contributed by atoms with Crippen LogP contribution in [0.1, 0.15) is 17.3 Å². The number of carbonyl (C=O) groups is 1. The highest BCUT2D eigenvalue weighted by Gasteiger charge is 2.19. The van der Waals surface area contributed by atoms with Crippen molar-refractivity contribution in [2.45, 2.75) is 6.92 Å². The van der Waals surface area contributed by atoms with Crippen LogP contribution in [0.25, 0.3) is 0 Å². The second-order valence-electron chi connectivity index (χ2n) is 4.36. The summed E-state index contributed by atoms with van der Waals surface area (Å²) in [5.74, 6) is 4.81. The average Bonchev–Trinajstić information content (AvgIpc) is 2.49. The fraction of sp³-hybridized carbons (Fsp3) is 0.133. The van der Waals surface area contributed by atoms with E-state index >= 15 is 0 Å². The highest BCUT2D eigenvalue weighted by molar-refractivity contribution is 6.31. The molecule has 0 spiro atoms. The molecule has 2 aromatic rings. The summed E-state index contributed by atoms with van der Waals surface area (Å²) in [6.45, 7) is 2.27. The maximum Gasteiger partial charge on any atom is 0.260 e. The fourth-order valence-electron chi connectivity index (χ4n) is 2.03. The lowest BCUT2D eigenvalue weighted by Crippen LogP contribution is -2.31. The van der Waals surface area contributed by atoms with Crippen LogP contribution < -0.4 is 16.2 Å². The number of halogens is 2. The molecule has 2 aromatic carbocycles. The molecule has 4 nitrogen and oxygen atoms in total. The van der Waals surface area contributed by atoms with Crippen LogP contribution in [0.5, 0.6) is 0 Å². The topological polar surface area (TPSA) is 58.4 Å². The first-order valence-corrected chi connectivity index (χ1v) is 6.78. The van der Waals surface area contributed by atoms with Gasteiger partial charge in [-0.05, 0) is 49.4 Å². The van der Waals surface area contributed by atoms with Gasteiger partial charge in [0.15, 0.2) is 0 Å². The molecule has 0 heterocycles. The lowest BCUT2D eigenvalue weighted by molar-refractivity contribution is 0.0989. The predicted molar refractivity (Wildman–Crippen MR) is 83.0 cm³/mol. The standard InChI is InChI=1S/C15H15ClFN3O/c1-2-20(12-6-4-11(17)5-7-12)15(21)13-9-10(16)3-8-14(13)19-18/h3-9,19H,2,18H2,1H3. The minimum Gasteiger partial charge on any atom is -0.323 e. The number of benzene rings is 2. The number of amides is 1. The van der Waals surface area contributed by atoms with Crippen molar-refractivity contribution in [2.24, 2.45) is 5.84 Å². The molecule has 0 saturated carbocycles. The molecule has 0 fully saturated rings. The summed E-state index contributed by atoms with van der Waals surface area (Å²) in [7, 11) is 0. The number of nitrogens with zero attached hydrogens (tertiary/aromatic N) is 1.